The van der Waals surface area contributed by atoms with Crippen LogP contribution in [-0.2, 0) is 57.5 Å². The van der Waals surface area contributed by atoms with Gasteiger partial charge in [-0.05, 0) is 65.3 Å². The third kappa shape index (κ3) is 8.67. The van der Waals surface area contributed by atoms with Gasteiger partial charge in [0.05, 0.1) is 11.1 Å². The summed E-state index contributed by atoms with van der Waals surface area (Å²) in [6, 6.07) is 40.2. The Labute approximate surface area is 330 Å². The maximum atomic E-state index is 12.8. The molecule has 1 radical (unpaired) electrons. The molecule has 0 spiro atoms. The molecule has 6 aromatic carbocycles. The van der Waals surface area contributed by atoms with Gasteiger partial charge in [0.15, 0.2) is 5.78 Å². The number of phenols is 3. The second kappa shape index (κ2) is 17.1. The van der Waals surface area contributed by atoms with E-state index >= 15 is 0 Å². The number of fused-ring (bicyclic) bond motifs is 4. The summed E-state index contributed by atoms with van der Waals surface area (Å²) in [6.45, 7) is 2.43. The first-order chi connectivity index (χ1) is 24.2. The molecule has 0 atom stereocenters. The average Bonchev–Trinajstić information content (AvgIpc) is 3.12. The number of carbonyl (C=O) groups excluding carboxylic acids is 2. The summed E-state index contributed by atoms with van der Waals surface area (Å²) >= 11 is 3.36. The van der Waals surface area contributed by atoms with E-state index in [2.05, 4.69) is 34.1 Å². The molecule has 2 aliphatic rings. The van der Waals surface area contributed by atoms with Gasteiger partial charge in [-0.15, -0.1) is 5.56 Å². The van der Waals surface area contributed by atoms with Gasteiger partial charge < -0.3 is 24.9 Å². The number of hydrogen-bond acceptors (Lipinski definition) is 6. The van der Waals surface area contributed by atoms with Gasteiger partial charge in [0.1, 0.15) is 35.4 Å². The zero-order valence-electron chi connectivity index (χ0n) is 27.9. The number of aryl methyl sites for hydroxylation is 1. The molecule has 0 amide bonds. The molecule has 8 heteroatoms. The Kier molecular flexibility index (Phi) is 12.6. The molecule has 51 heavy (non-hydrogen) atoms. The monoisotopic (exact) mass is 814 g/mol. The van der Waals surface area contributed by atoms with Crippen molar-refractivity contribution >= 4 is 27.5 Å². The number of alkyl halides is 1. The fraction of sp³-hybridized carbons (Fsp3) is 0.116. The van der Waals surface area contributed by atoms with Gasteiger partial charge in [-0.25, -0.2) is 0 Å². The van der Waals surface area contributed by atoms with Gasteiger partial charge in [0, 0.05) is 55.7 Å². The summed E-state index contributed by atoms with van der Waals surface area (Å²) in [6.07, 6.45) is 1.12. The number of ether oxygens (including phenoxy) is 1. The second-order valence-corrected chi connectivity index (χ2v) is 12.6. The minimum absolute atomic E-state index is 0. The number of carbonyl (C=O) groups is 2. The number of ketones is 2. The van der Waals surface area contributed by atoms with Crippen molar-refractivity contribution in [3.05, 3.63) is 189 Å². The van der Waals surface area contributed by atoms with Gasteiger partial charge >= 0.3 is 0 Å². The number of phenolic OH excluding ortho intramolecular Hbond substituents is 3. The fourth-order valence-electron chi connectivity index (χ4n) is 6.15. The first kappa shape index (κ1) is 37.7. The SMILES string of the molecule is BrCc1ccccc1.Cc1cccc2c1Cc1cc(OCc3ccccc3)cc(O)c1C2=O.O=C1c2ccc[c-]c2Cc2cc(O)cc(O)c21.[Y]. The Balaban J connectivity index is 0.000000167. The summed E-state index contributed by atoms with van der Waals surface area (Å²) in [4.78, 5) is 24.9. The average molecular weight is 816 g/mol. The number of hydrogen-bond donors (Lipinski definition) is 3. The Morgan fingerprint density at radius 3 is 1.96 bits per heavy atom. The molecule has 0 saturated carbocycles. The molecule has 6 aromatic rings. The van der Waals surface area contributed by atoms with E-state index in [-0.39, 0.29) is 67.1 Å². The van der Waals surface area contributed by atoms with E-state index in [4.69, 9.17) is 4.74 Å². The second-order valence-electron chi connectivity index (χ2n) is 12.0. The van der Waals surface area contributed by atoms with Crippen LogP contribution in [0.2, 0.25) is 0 Å². The Bertz CT molecular complexity index is 2180. The summed E-state index contributed by atoms with van der Waals surface area (Å²) in [5, 5.41) is 30.5. The van der Waals surface area contributed by atoms with Crippen LogP contribution in [0.1, 0.15) is 70.8 Å². The quantitative estimate of drug-likeness (QED) is 0.121. The molecule has 8 rings (SSSR count). The minimum atomic E-state index is -0.212. The predicted molar refractivity (Wildman–Crippen MR) is 197 cm³/mol. The number of halogens is 1. The Morgan fingerprint density at radius 2 is 1.29 bits per heavy atom. The van der Waals surface area contributed by atoms with Crippen LogP contribution in [0.4, 0.5) is 0 Å². The zero-order valence-corrected chi connectivity index (χ0v) is 32.3. The molecule has 0 unspecified atom stereocenters. The molecule has 0 fully saturated rings. The van der Waals surface area contributed by atoms with Crippen molar-refractivity contribution in [1.82, 2.24) is 0 Å². The van der Waals surface area contributed by atoms with Crippen LogP contribution >= 0.6 is 15.9 Å². The minimum Gasteiger partial charge on any atom is -0.508 e. The fourth-order valence-corrected chi connectivity index (χ4v) is 6.52. The van der Waals surface area contributed by atoms with Crippen LogP contribution in [-0.4, -0.2) is 26.9 Å². The van der Waals surface area contributed by atoms with Crippen molar-refractivity contribution in [1.29, 1.82) is 0 Å². The number of rotatable bonds is 4. The van der Waals surface area contributed by atoms with E-state index in [9.17, 15) is 24.9 Å². The van der Waals surface area contributed by atoms with E-state index in [1.165, 1.54) is 23.8 Å². The number of benzene rings is 6. The van der Waals surface area contributed by atoms with Crippen LogP contribution in [0.5, 0.6) is 23.0 Å². The van der Waals surface area contributed by atoms with E-state index < -0.39 is 0 Å². The molecule has 2 aliphatic carbocycles. The van der Waals surface area contributed by atoms with Crippen molar-refractivity contribution in [3.63, 3.8) is 0 Å². The molecule has 253 valence electrons. The van der Waals surface area contributed by atoms with E-state index in [0.717, 1.165) is 33.1 Å². The van der Waals surface area contributed by atoms with Crippen molar-refractivity contribution in [2.45, 2.75) is 31.7 Å². The van der Waals surface area contributed by atoms with Crippen LogP contribution in [0.15, 0.2) is 121 Å². The van der Waals surface area contributed by atoms with Gasteiger partial charge in [-0.3, -0.25) is 4.79 Å². The Hall–Kier alpha value is -4.56. The maximum absolute atomic E-state index is 12.8. The molecular formula is C43H34BrO6Y-. The largest absolute Gasteiger partial charge is 0.508 e. The van der Waals surface area contributed by atoms with Crippen LogP contribution in [0, 0.1) is 13.0 Å². The van der Waals surface area contributed by atoms with E-state index in [1.807, 2.05) is 79.7 Å². The third-order valence-corrected chi connectivity index (χ3v) is 9.28. The Morgan fingerprint density at radius 1 is 0.686 bits per heavy atom. The van der Waals surface area contributed by atoms with Crippen molar-refractivity contribution in [2.24, 2.45) is 0 Å². The standard InChI is InChI=1S/C22H18O3.C14H9O3.C7H7Br.Y/c1-14-6-5-9-18-19(14)11-16-10-17(12-20(23)21(16)22(18)24)25-13-15-7-3-2-4-8-15;15-10-6-9-5-8-3-1-2-4-11(8)14(17)13(9)12(16)7-10;8-6-7-4-2-1-3-5-7;/h2-10,12,23H,11,13H2,1H3;1-2,4,6-7,15-16H,5H2;1-5H,6H2;/q;-1;;. The van der Waals surface area contributed by atoms with Gasteiger partial charge in [-0.1, -0.05) is 100 Å². The van der Waals surface area contributed by atoms with E-state index in [1.54, 1.807) is 18.2 Å². The molecule has 0 heterocycles. The van der Waals surface area contributed by atoms with Crippen LogP contribution < -0.4 is 4.74 Å². The van der Waals surface area contributed by atoms with Crippen LogP contribution in [0.25, 0.3) is 0 Å². The first-order valence-electron chi connectivity index (χ1n) is 16.1. The van der Waals surface area contributed by atoms with Gasteiger partial charge in [0.25, 0.3) is 0 Å². The maximum Gasteiger partial charge on any atom is 0.197 e. The molecule has 3 N–H and O–H groups in total. The van der Waals surface area contributed by atoms with Crippen molar-refractivity contribution < 1.29 is 62.4 Å². The van der Waals surface area contributed by atoms with Crippen molar-refractivity contribution in [3.8, 4) is 23.0 Å². The first-order valence-corrected chi connectivity index (χ1v) is 17.2. The van der Waals surface area contributed by atoms with Crippen molar-refractivity contribution in [2.75, 3.05) is 0 Å². The molecule has 0 bridgehead atoms. The third-order valence-electron chi connectivity index (χ3n) is 8.63. The summed E-state index contributed by atoms with van der Waals surface area (Å²) in [5.74, 6) is 0.0262. The number of aromatic hydroxyl groups is 3. The summed E-state index contributed by atoms with van der Waals surface area (Å²) in [5.41, 5.74) is 8.68. The zero-order chi connectivity index (χ0) is 35.2. The van der Waals surface area contributed by atoms with Gasteiger partial charge in [0.2, 0.25) is 0 Å². The van der Waals surface area contributed by atoms with E-state index in [0.29, 0.717) is 47.5 Å². The topological polar surface area (TPSA) is 104 Å². The summed E-state index contributed by atoms with van der Waals surface area (Å²) < 4.78 is 5.82. The predicted octanol–water partition coefficient (Wildman–Crippen LogP) is 9.03. The van der Waals surface area contributed by atoms with Crippen LogP contribution in [0.3, 0.4) is 0 Å². The molecule has 0 saturated heterocycles. The normalized spacial score (nSPS) is 11.9. The molecular weight excluding hydrogens is 781 g/mol. The molecule has 0 aromatic heterocycles. The molecule has 0 aliphatic heterocycles. The smallest absolute Gasteiger partial charge is 0.197 e. The molecule has 6 nitrogen and oxygen atoms in total. The van der Waals surface area contributed by atoms with Gasteiger partial charge in [-0.2, -0.15) is 24.3 Å². The summed E-state index contributed by atoms with van der Waals surface area (Å²) in [7, 11) is 0.